The molecule has 1 N–H and O–H groups in total. The molecule has 1 aromatic rings. The zero-order valence-electron chi connectivity index (χ0n) is 10.2. The van der Waals surface area contributed by atoms with E-state index in [1.54, 1.807) is 4.68 Å². The third-order valence-corrected chi connectivity index (χ3v) is 2.96. The van der Waals surface area contributed by atoms with Gasteiger partial charge in [0.25, 0.3) is 0 Å². The fourth-order valence-corrected chi connectivity index (χ4v) is 1.84. The molecule has 2 heterocycles. The second-order valence-electron chi connectivity index (χ2n) is 4.23. The number of aryl methyl sites for hydroxylation is 1. The summed E-state index contributed by atoms with van der Waals surface area (Å²) in [6.07, 6.45) is 3.77. The van der Waals surface area contributed by atoms with E-state index < -0.39 is 0 Å². The molecule has 6 heteroatoms. The summed E-state index contributed by atoms with van der Waals surface area (Å²) in [5.74, 6) is 0.432. The van der Waals surface area contributed by atoms with E-state index in [1.807, 2.05) is 31.3 Å². The highest BCUT2D eigenvalue weighted by atomic mass is 35.5. The molecule has 1 aliphatic rings. The molecule has 1 aromatic heterocycles. The molecule has 0 saturated carbocycles. The summed E-state index contributed by atoms with van der Waals surface area (Å²) >= 11 is 0. The topological polar surface area (TPSA) is 50.2 Å². The molecular weight excluding hydrogens is 240 g/mol. The molecule has 0 bridgehead atoms. The fraction of sp³-hybridized carbons (Fsp3) is 0.636. The van der Waals surface area contributed by atoms with Crippen LogP contribution in [0.15, 0.2) is 12.4 Å². The van der Waals surface area contributed by atoms with E-state index in [2.05, 4.69) is 10.4 Å². The van der Waals surface area contributed by atoms with Crippen molar-refractivity contribution in [2.45, 2.75) is 13.5 Å². The standard InChI is InChI=1S/C11H18N4O.ClH/c1-3-15(11(16)10-5-12-6-10)8-9-4-13-14(2)7-9;/h4,7,10,12H,3,5-6,8H2,1-2H3;1H. The number of rotatable bonds is 4. The fourth-order valence-electron chi connectivity index (χ4n) is 1.84. The van der Waals surface area contributed by atoms with Crippen LogP contribution in [0.5, 0.6) is 0 Å². The van der Waals surface area contributed by atoms with Crippen molar-refractivity contribution in [1.29, 1.82) is 0 Å². The second kappa shape index (κ2) is 6.02. The van der Waals surface area contributed by atoms with Crippen LogP contribution in [-0.2, 0) is 18.4 Å². The Morgan fingerprint density at radius 2 is 2.35 bits per heavy atom. The highest BCUT2D eigenvalue weighted by molar-refractivity contribution is 5.85. The summed E-state index contributed by atoms with van der Waals surface area (Å²) in [6.45, 7) is 5.08. The van der Waals surface area contributed by atoms with Crippen LogP contribution in [0, 0.1) is 5.92 Å². The average Bonchev–Trinajstić information content (AvgIpc) is 2.57. The van der Waals surface area contributed by atoms with Gasteiger partial charge in [-0.25, -0.2) is 0 Å². The van der Waals surface area contributed by atoms with Crippen molar-refractivity contribution in [2.24, 2.45) is 13.0 Å². The molecule has 5 nitrogen and oxygen atoms in total. The Hall–Kier alpha value is -1.07. The summed E-state index contributed by atoms with van der Waals surface area (Å²) in [4.78, 5) is 13.9. The first-order valence-corrected chi connectivity index (χ1v) is 5.67. The van der Waals surface area contributed by atoms with Gasteiger partial charge in [0.2, 0.25) is 5.91 Å². The van der Waals surface area contributed by atoms with Gasteiger partial charge in [-0.05, 0) is 6.92 Å². The van der Waals surface area contributed by atoms with E-state index in [9.17, 15) is 4.79 Å². The summed E-state index contributed by atoms with van der Waals surface area (Å²) in [5, 5.41) is 7.23. The van der Waals surface area contributed by atoms with Crippen LogP contribution >= 0.6 is 12.4 Å². The van der Waals surface area contributed by atoms with Crippen LogP contribution in [0.4, 0.5) is 0 Å². The summed E-state index contributed by atoms with van der Waals surface area (Å²) in [7, 11) is 1.89. The van der Waals surface area contributed by atoms with Crippen molar-refractivity contribution < 1.29 is 4.79 Å². The van der Waals surface area contributed by atoms with Gasteiger partial charge >= 0.3 is 0 Å². The lowest BCUT2D eigenvalue weighted by atomic mass is 10.0. The van der Waals surface area contributed by atoms with Crippen molar-refractivity contribution in [3.63, 3.8) is 0 Å². The van der Waals surface area contributed by atoms with Crippen LogP contribution < -0.4 is 5.32 Å². The first-order valence-electron chi connectivity index (χ1n) is 5.67. The van der Waals surface area contributed by atoms with Crippen molar-refractivity contribution in [3.8, 4) is 0 Å². The van der Waals surface area contributed by atoms with Gasteiger partial charge in [0.15, 0.2) is 0 Å². The molecule has 96 valence electrons. The maximum Gasteiger partial charge on any atom is 0.228 e. The molecular formula is C11H19ClN4O. The van der Waals surface area contributed by atoms with Crippen LogP contribution in [0.2, 0.25) is 0 Å². The van der Waals surface area contributed by atoms with Crippen LogP contribution in [0.1, 0.15) is 12.5 Å². The number of amides is 1. The van der Waals surface area contributed by atoms with Crippen LogP contribution in [-0.4, -0.2) is 40.2 Å². The number of halogens is 1. The van der Waals surface area contributed by atoms with Gasteiger partial charge in [-0.15, -0.1) is 12.4 Å². The summed E-state index contributed by atoms with van der Waals surface area (Å²) in [5.41, 5.74) is 1.09. The maximum absolute atomic E-state index is 12.0. The number of hydrogen-bond donors (Lipinski definition) is 1. The molecule has 2 rings (SSSR count). The minimum Gasteiger partial charge on any atom is -0.338 e. The smallest absolute Gasteiger partial charge is 0.228 e. The summed E-state index contributed by atoms with van der Waals surface area (Å²) in [6, 6.07) is 0. The average molecular weight is 259 g/mol. The number of carbonyl (C=O) groups excluding carboxylic acids is 1. The molecule has 0 unspecified atom stereocenters. The van der Waals surface area contributed by atoms with Crippen LogP contribution in [0.25, 0.3) is 0 Å². The Morgan fingerprint density at radius 1 is 1.65 bits per heavy atom. The number of carbonyl (C=O) groups is 1. The van der Waals surface area contributed by atoms with Crippen molar-refractivity contribution >= 4 is 18.3 Å². The molecule has 0 atom stereocenters. The predicted molar refractivity (Wildman–Crippen MR) is 67.9 cm³/mol. The largest absolute Gasteiger partial charge is 0.338 e. The Labute approximate surface area is 108 Å². The Balaban J connectivity index is 0.00000144. The first kappa shape index (κ1) is 14.0. The van der Waals surface area contributed by atoms with E-state index in [4.69, 9.17) is 0 Å². The number of nitrogens with zero attached hydrogens (tertiary/aromatic N) is 3. The lowest BCUT2D eigenvalue weighted by molar-refractivity contribution is -0.137. The van der Waals surface area contributed by atoms with Gasteiger partial charge in [-0.3, -0.25) is 9.48 Å². The van der Waals surface area contributed by atoms with Gasteiger partial charge in [0.1, 0.15) is 0 Å². The number of aromatic nitrogens is 2. The molecule has 0 aliphatic carbocycles. The number of nitrogens with one attached hydrogen (secondary N) is 1. The minimum atomic E-state index is 0. The van der Waals surface area contributed by atoms with E-state index >= 15 is 0 Å². The lowest BCUT2D eigenvalue weighted by Crippen LogP contribution is -2.51. The molecule has 1 aliphatic heterocycles. The van der Waals surface area contributed by atoms with Gasteiger partial charge < -0.3 is 10.2 Å². The lowest BCUT2D eigenvalue weighted by Gasteiger charge is -2.31. The molecule has 0 radical (unpaired) electrons. The second-order valence-corrected chi connectivity index (χ2v) is 4.23. The molecule has 1 saturated heterocycles. The molecule has 17 heavy (non-hydrogen) atoms. The van der Waals surface area contributed by atoms with E-state index in [1.165, 1.54) is 0 Å². The first-order chi connectivity index (χ1) is 7.70. The monoisotopic (exact) mass is 258 g/mol. The van der Waals surface area contributed by atoms with E-state index in [-0.39, 0.29) is 24.2 Å². The van der Waals surface area contributed by atoms with E-state index in [0.717, 1.165) is 25.2 Å². The van der Waals surface area contributed by atoms with Gasteiger partial charge in [-0.2, -0.15) is 5.10 Å². The SMILES string of the molecule is CCN(Cc1cnn(C)c1)C(=O)C1CNC1.Cl. The highest BCUT2D eigenvalue weighted by Gasteiger charge is 2.28. The van der Waals surface area contributed by atoms with E-state index in [0.29, 0.717) is 6.54 Å². The third-order valence-electron chi connectivity index (χ3n) is 2.96. The Morgan fingerprint density at radius 3 is 2.76 bits per heavy atom. The maximum atomic E-state index is 12.0. The van der Waals surface area contributed by atoms with Crippen molar-refractivity contribution in [2.75, 3.05) is 19.6 Å². The predicted octanol–water partition coefficient (Wildman–Crippen LogP) is 0.410. The molecule has 1 amide bonds. The summed E-state index contributed by atoms with van der Waals surface area (Å²) < 4.78 is 1.76. The minimum absolute atomic E-state index is 0. The Bertz CT molecular complexity index is 375. The molecule has 0 aromatic carbocycles. The zero-order chi connectivity index (χ0) is 11.5. The molecule has 0 spiro atoms. The number of hydrogen-bond acceptors (Lipinski definition) is 3. The van der Waals surface area contributed by atoms with Crippen molar-refractivity contribution in [3.05, 3.63) is 18.0 Å². The third kappa shape index (κ3) is 3.20. The normalized spacial score (nSPS) is 14.9. The van der Waals surface area contributed by atoms with Gasteiger partial charge in [-0.1, -0.05) is 0 Å². The van der Waals surface area contributed by atoms with Gasteiger partial charge in [0, 0.05) is 45.0 Å². The quantitative estimate of drug-likeness (QED) is 0.851. The highest BCUT2D eigenvalue weighted by Crippen LogP contribution is 2.11. The zero-order valence-corrected chi connectivity index (χ0v) is 11.0. The molecule has 1 fully saturated rings. The van der Waals surface area contributed by atoms with Crippen molar-refractivity contribution in [1.82, 2.24) is 20.0 Å². The van der Waals surface area contributed by atoms with Gasteiger partial charge in [0.05, 0.1) is 12.1 Å². The van der Waals surface area contributed by atoms with Crippen LogP contribution in [0.3, 0.4) is 0 Å². The Kier molecular flexibility index (Phi) is 4.96.